The first kappa shape index (κ1) is 20.9. The molecule has 3 aromatic rings. The van der Waals surface area contributed by atoms with Crippen molar-refractivity contribution >= 4 is 6.03 Å². The topological polar surface area (TPSA) is 94.5 Å². The van der Waals surface area contributed by atoms with Crippen LogP contribution in [0.1, 0.15) is 5.56 Å². The molecule has 0 aliphatic carbocycles. The molecule has 0 aliphatic heterocycles. The molecular weight excluding hydrogens is 384 g/mol. The molecule has 156 valence electrons. The van der Waals surface area contributed by atoms with Gasteiger partial charge in [0.25, 0.3) is 5.56 Å². The minimum absolute atomic E-state index is 0.234. The Morgan fingerprint density at radius 3 is 2.53 bits per heavy atom. The van der Waals surface area contributed by atoms with Crippen molar-refractivity contribution in [2.45, 2.75) is 13.1 Å². The fraction of sp³-hybridized carbons (Fsp3) is 0.227. The zero-order chi connectivity index (χ0) is 21.3. The molecule has 8 nitrogen and oxygen atoms in total. The Balaban J connectivity index is 1.63. The first-order chi connectivity index (χ1) is 14.6. The molecule has 0 radical (unpaired) electrons. The molecule has 0 saturated carbocycles. The predicted octanol–water partition coefficient (Wildman–Crippen LogP) is 2.43. The third-order valence-corrected chi connectivity index (χ3v) is 4.45. The summed E-state index contributed by atoms with van der Waals surface area (Å²) in [6.45, 7) is 0.917. The Hall–Kier alpha value is -3.81. The number of nitrogens with zero attached hydrogens (tertiary/aromatic N) is 2. The molecule has 1 heterocycles. The second-order valence-electron chi connectivity index (χ2n) is 6.44. The third-order valence-electron chi connectivity index (χ3n) is 4.45. The maximum atomic E-state index is 12.2. The van der Waals surface area contributed by atoms with E-state index in [-0.39, 0.29) is 24.7 Å². The largest absolute Gasteiger partial charge is 0.497 e. The highest BCUT2D eigenvalue weighted by atomic mass is 16.5. The van der Waals surface area contributed by atoms with E-state index in [9.17, 15) is 9.59 Å². The van der Waals surface area contributed by atoms with Crippen molar-refractivity contribution in [3.05, 3.63) is 76.6 Å². The number of carbonyl (C=O) groups excluding carboxylic acids is 1. The van der Waals surface area contributed by atoms with Gasteiger partial charge in [-0.25, -0.2) is 9.48 Å². The normalized spacial score (nSPS) is 10.3. The summed E-state index contributed by atoms with van der Waals surface area (Å²) in [6.07, 6.45) is 0. The van der Waals surface area contributed by atoms with Gasteiger partial charge in [0.2, 0.25) is 0 Å². The van der Waals surface area contributed by atoms with Gasteiger partial charge in [-0.15, -0.1) is 0 Å². The molecular formula is C22H24N4O4. The molecule has 0 saturated heterocycles. The van der Waals surface area contributed by atoms with Gasteiger partial charge in [-0.1, -0.05) is 30.3 Å². The fourth-order valence-corrected chi connectivity index (χ4v) is 2.88. The van der Waals surface area contributed by atoms with Crippen LogP contribution in [0.4, 0.5) is 4.79 Å². The van der Waals surface area contributed by atoms with Crippen LogP contribution >= 0.6 is 0 Å². The van der Waals surface area contributed by atoms with Gasteiger partial charge in [-0.2, -0.15) is 5.10 Å². The Bertz CT molecular complexity index is 1050. The van der Waals surface area contributed by atoms with Gasteiger partial charge in [0, 0.05) is 24.7 Å². The summed E-state index contributed by atoms with van der Waals surface area (Å²) in [4.78, 5) is 24.2. The lowest BCUT2D eigenvalue weighted by Crippen LogP contribution is -2.38. The van der Waals surface area contributed by atoms with Gasteiger partial charge in [-0.3, -0.25) is 4.79 Å². The van der Waals surface area contributed by atoms with Crippen molar-refractivity contribution in [3.63, 3.8) is 0 Å². The van der Waals surface area contributed by atoms with Crippen LogP contribution < -0.4 is 25.7 Å². The first-order valence-electron chi connectivity index (χ1n) is 9.47. The Kier molecular flexibility index (Phi) is 7.05. The van der Waals surface area contributed by atoms with Gasteiger partial charge < -0.3 is 20.1 Å². The number of benzene rings is 2. The number of hydrogen-bond acceptors (Lipinski definition) is 5. The summed E-state index contributed by atoms with van der Waals surface area (Å²) in [6, 6.07) is 17.7. The number of carbonyl (C=O) groups is 1. The van der Waals surface area contributed by atoms with Crippen molar-refractivity contribution in [3.8, 4) is 22.8 Å². The van der Waals surface area contributed by atoms with Gasteiger partial charge in [0.15, 0.2) is 0 Å². The summed E-state index contributed by atoms with van der Waals surface area (Å²) in [5.74, 6) is 1.27. The van der Waals surface area contributed by atoms with Crippen LogP contribution in [0.2, 0.25) is 0 Å². The van der Waals surface area contributed by atoms with Crippen LogP contribution in [0.25, 0.3) is 11.3 Å². The van der Waals surface area contributed by atoms with E-state index in [1.165, 1.54) is 10.7 Å². The molecule has 0 atom stereocenters. The summed E-state index contributed by atoms with van der Waals surface area (Å²) in [5, 5.41) is 9.92. The van der Waals surface area contributed by atoms with Gasteiger partial charge in [0.05, 0.1) is 26.5 Å². The number of rotatable bonds is 8. The van der Waals surface area contributed by atoms with E-state index in [0.717, 1.165) is 5.56 Å². The molecule has 1 aromatic heterocycles. The predicted molar refractivity (Wildman–Crippen MR) is 114 cm³/mol. The van der Waals surface area contributed by atoms with E-state index in [4.69, 9.17) is 9.47 Å². The van der Waals surface area contributed by atoms with Crippen LogP contribution in [0.15, 0.2) is 65.5 Å². The molecule has 2 aromatic carbocycles. The van der Waals surface area contributed by atoms with Crippen LogP contribution in [0.5, 0.6) is 11.5 Å². The maximum Gasteiger partial charge on any atom is 0.315 e. The van der Waals surface area contributed by atoms with E-state index in [0.29, 0.717) is 29.3 Å². The second-order valence-corrected chi connectivity index (χ2v) is 6.44. The van der Waals surface area contributed by atoms with Crippen molar-refractivity contribution in [2.75, 3.05) is 20.8 Å². The summed E-state index contributed by atoms with van der Waals surface area (Å²) < 4.78 is 12.0. The summed E-state index contributed by atoms with van der Waals surface area (Å²) in [7, 11) is 3.15. The van der Waals surface area contributed by atoms with E-state index in [1.807, 2.05) is 30.3 Å². The molecule has 30 heavy (non-hydrogen) atoms. The zero-order valence-electron chi connectivity index (χ0n) is 16.9. The highest BCUT2D eigenvalue weighted by Crippen LogP contribution is 2.31. The molecule has 0 spiro atoms. The first-order valence-corrected chi connectivity index (χ1v) is 9.47. The molecule has 8 heteroatoms. The zero-order valence-corrected chi connectivity index (χ0v) is 16.9. The van der Waals surface area contributed by atoms with Gasteiger partial charge in [0.1, 0.15) is 11.5 Å². The van der Waals surface area contributed by atoms with Crippen LogP contribution in [0, 0.1) is 0 Å². The van der Waals surface area contributed by atoms with Crippen molar-refractivity contribution in [1.29, 1.82) is 0 Å². The lowest BCUT2D eigenvalue weighted by molar-refractivity contribution is 0.240. The molecule has 2 amide bonds. The lowest BCUT2D eigenvalue weighted by Gasteiger charge is -2.12. The molecule has 2 N–H and O–H groups in total. The fourth-order valence-electron chi connectivity index (χ4n) is 2.88. The van der Waals surface area contributed by atoms with Crippen molar-refractivity contribution in [1.82, 2.24) is 20.4 Å². The van der Waals surface area contributed by atoms with Crippen molar-refractivity contribution < 1.29 is 14.3 Å². The number of methoxy groups -OCH3 is 2. The van der Waals surface area contributed by atoms with E-state index < -0.39 is 0 Å². The average molecular weight is 408 g/mol. The maximum absolute atomic E-state index is 12.2. The minimum atomic E-state index is -0.308. The van der Waals surface area contributed by atoms with Crippen LogP contribution in [0.3, 0.4) is 0 Å². The van der Waals surface area contributed by atoms with Gasteiger partial charge in [-0.05, 0) is 29.8 Å². The molecule has 3 rings (SSSR count). The Labute approximate surface area is 174 Å². The second kappa shape index (κ2) is 10.1. The molecule has 0 bridgehead atoms. The van der Waals surface area contributed by atoms with Gasteiger partial charge >= 0.3 is 6.03 Å². The molecule has 0 fully saturated rings. The summed E-state index contributed by atoms with van der Waals surface area (Å²) >= 11 is 0. The quantitative estimate of drug-likeness (QED) is 0.597. The number of nitrogens with one attached hydrogen (secondary N) is 2. The Morgan fingerprint density at radius 1 is 1.00 bits per heavy atom. The standard InChI is InChI=1S/C22H24N4O4/c1-29-17-8-10-20(30-2)18(14-17)19-9-11-21(27)26(25-19)13-12-23-22(28)24-15-16-6-4-3-5-7-16/h3-11,14H,12-13,15H2,1-2H3,(H2,23,24,28). The van der Waals surface area contributed by atoms with Crippen LogP contribution in [-0.2, 0) is 13.1 Å². The average Bonchev–Trinajstić information content (AvgIpc) is 2.79. The van der Waals surface area contributed by atoms with E-state index in [1.54, 1.807) is 38.5 Å². The molecule has 0 aliphatic rings. The smallest absolute Gasteiger partial charge is 0.315 e. The number of amides is 2. The third kappa shape index (κ3) is 5.38. The monoisotopic (exact) mass is 408 g/mol. The van der Waals surface area contributed by atoms with E-state index in [2.05, 4.69) is 15.7 Å². The summed E-state index contributed by atoms with van der Waals surface area (Å²) in [5.41, 5.74) is 2.02. The Morgan fingerprint density at radius 2 is 1.80 bits per heavy atom. The number of aromatic nitrogens is 2. The van der Waals surface area contributed by atoms with Crippen molar-refractivity contribution in [2.24, 2.45) is 0 Å². The number of hydrogen-bond donors (Lipinski definition) is 2. The highest BCUT2D eigenvalue weighted by Gasteiger charge is 2.11. The number of ether oxygens (including phenoxy) is 2. The minimum Gasteiger partial charge on any atom is -0.497 e. The lowest BCUT2D eigenvalue weighted by atomic mass is 10.1. The van der Waals surface area contributed by atoms with E-state index >= 15 is 0 Å². The highest BCUT2D eigenvalue weighted by molar-refractivity contribution is 5.73. The van der Waals surface area contributed by atoms with Crippen LogP contribution in [-0.4, -0.2) is 36.6 Å². The number of urea groups is 1. The molecule has 0 unspecified atom stereocenters. The SMILES string of the molecule is COc1ccc(OC)c(-c2ccc(=O)n(CCNC(=O)NCc3ccccc3)n2)c1.